The molecule has 0 bridgehead atoms. The fourth-order valence-electron chi connectivity index (χ4n) is 3.45. The lowest BCUT2D eigenvalue weighted by Crippen LogP contribution is -2.04. The molecule has 0 radical (unpaired) electrons. The molecule has 4 heteroatoms. The molecule has 0 unspecified atom stereocenters. The molecule has 1 rings (SSSR count). The zero-order chi connectivity index (χ0) is 21.9. The highest BCUT2D eigenvalue weighted by molar-refractivity contribution is 5.56. The minimum absolute atomic E-state index is 0.343. The van der Waals surface area contributed by atoms with Gasteiger partial charge in [-0.1, -0.05) is 90.9 Å². The molecule has 0 fully saturated rings. The van der Waals surface area contributed by atoms with E-state index in [0.29, 0.717) is 35.8 Å². The van der Waals surface area contributed by atoms with Crippen LogP contribution in [0.2, 0.25) is 0 Å². The van der Waals surface area contributed by atoms with Gasteiger partial charge in [0.05, 0.1) is 24.3 Å². The van der Waals surface area contributed by atoms with Crippen molar-refractivity contribution in [2.24, 2.45) is 0 Å². The molecule has 0 aliphatic heterocycles. The lowest BCUT2D eigenvalue weighted by molar-refractivity contribution is 0.258. The summed E-state index contributed by atoms with van der Waals surface area (Å²) >= 11 is 0. The average Bonchev–Trinajstić information content (AvgIpc) is 2.77. The maximum atomic E-state index is 9.31. The van der Waals surface area contributed by atoms with Gasteiger partial charge < -0.3 is 9.47 Å². The van der Waals surface area contributed by atoms with Crippen molar-refractivity contribution < 1.29 is 9.47 Å². The second kappa shape index (κ2) is 17.6. The van der Waals surface area contributed by atoms with E-state index in [0.717, 1.165) is 25.7 Å². The van der Waals surface area contributed by atoms with Gasteiger partial charge in [0.15, 0.2) is 11.5 Å². The minimum atomic E-state index is 0.343. The zero-order valence-electron chi connectivity index (χ0n) is 19.2. The van der Waals surface area contributed by atoms with E-state index in [4.69, 9.17) is 9.47 Å². The fraction of sp³-hybridized carbons (Fsp3) is 0.692. The van der Waals surface area contributed by atoms with E-state index in [1.807, 2.05) is 0 Å². The van der Waals surface area contributed by atoms with Crippen molar-refractivity contribution in [1.29, 1.82) is 10.5 Å². The van der Waals surface area contributed by atoms with Crippen molar-refractivity contribution in [1.82, 2.24) is 0 Å². The van der Waals surface area contributed by atoms with Crippen LogP contribution in [0.15, 0.2) is 12.1 Å². The Balaban J connectivity index is 2.47. The normalized spacial score (nSPS) is 10.4. The van der Waals surface area contributed by atoms with Crippen molar-refractivity contribution in [3.8, 4) is 23.6 Å². The Morgan fingerprint density at radius 2 is 0.900 bits per heavy atom. The van der Waals surface area contributed by atoms with Gasteiger partial charge in [-0.05, 0) is 12.8 Å². The van der Waals surface area contributed by atoms with Crippen molar-refractivity contribution in [3.63, 3.8) is 0 Å². The van der Waals surface area contributed by atoms with Crippen LogP contribution in [-0.2, 0) is 0 Å². The van der Waals surface area contributed by atoms with Crippen LogP contribution in [0.25, 0.3) is 0 Å². The molecule has 0 amide bonds. The van der Waals surface area contributed by atoms with Crippen molar-refractivity contribution in [2.45, 2.75) is 104 Å². The van der Waals surface area contributed by atoms with Crippen LogP contribution in [0.4, 0.5) is 0 Å². The van der Waals surface area contributed by atoms with Gasteiger partial charge in [-0.25, -0.2) is 0 Å². The molecule has 0 aliphatic carbocycles. The fourth-order valence-corrected chi connectivity index (χ4v) is 3.45. The Morgan fingerprint density at radius 1 is 0.567 bits per heavy atom. The molecule has 0 saturated carbocycles. The molecule has 0 atom stereocenters. The predicted molar refractivity (Wildman–Crippen MR) is 123 cm³/mol. The molecule has 0 saturated heterocycles. The Labute approximate surface area is 184 Å². The smallest absolute Gasteiger partial charge is 0.162 e. The molecule has 4 nitrogen and oxygen atoms in total. The highest BCUT2D eigenvalue weighted by Gasteiger charge is 2.12. The minimum Gasteiger partial charge on any atom is -0.490 e. The number of benzene rings is 1. The SMILES string of the molecule is CCCCCCCCCOc1cc(C#N)c(C#N)cc1OCCCCCCCCC. The van der Waals surface area contributed by atoms with Crippen molar-refractivity contribution in [2.75, 3.05) is 13.2 Å². The van der Waals surface area contributed by atoms with Crippen LogP contribution in [0, 0.1) is 22.7 Å². The van der Waals surface area contributed by atoms with E-state index in [-0.39, 0.29) is 0 Å². The van der Waals surface area contributed by atoms with Gasteiger partial charge in [-0.3, -0.25) is 0 Å². The second-order valence-electron chi connectivity index (χ2n) is 8.01. The molecule has 0 aliphatic rings. The third-order valence-corrected chi connectivity index (χ3v) is 5.34. The molecule has 1 aromatic carbocycles. The molecule has 0 aromatic heterocycles. The summed E-state index contributed by atoms with van der Waals surface area (Å²) in [5.74, 6) is 1.17. The number of ether oxygens (including phenoxy) is 2. The Bertz CT molecular complexity index is 601. The van der Waals surface area contributed by atoms with E-state index >= 15 is 0 Å². The summed E-state index contributed by atoms with van der Waals surface area (Å²) in [6.07, 6.45) is 17.1. The van der Waals surface area contributed by atoms with E-state index < -0.39 is 0 Å². The zero-order valence-corrected chi connectivity index (χ0v) is 19.2. The van der Waals surface area contributed by atoms with E-state index in [1.165, 1.54) is 64.2 Å². The van der Waals surface area contributed by atoms with Crippen LogP contribution < -0.4 is 9.47 Å². The van der Waals surface area contributed by atoms with Crippen LogP contribution in [0.3, 0.4) is 0 Å². The van der Waals surface area contributed by atoms with Gasteiger partial charge in [0.25, 0.3) is 0 Å². The number of rotatable bonds is 18. The predicted octanol–water partition coefficient (Wildman–Crippen LogP) is 7.69. The molecule has 1 aromatic rings. The lowest BCUT2D eigenvalue weighted by Gasteiger charge is -2.14. The van der Waals surface area contributed by atoms with E-state index in [9.17, 15) is 10.5 Å². The van der Waals surface area contributed by atoms with Crippen LogP contribution in [0.1, 0.15) is 115 Å². The highest BCUT2D eigenvalue weighted by atomic mass is 16.5. The molecule has 30 heavy (non-hydrogen) atoms. The summed E-state index contributed by atoms with van der Waals surface area (Å²) in [5.41, 5.74) is 0.686. The first-order valence-electron chi connectivity index (χ1n) is 12.0. The van der Waals surface area contributed by atoms with Crippen LogP contribution >= 0.6 is 0 Å². The Morgan fingerprint density at radius 3 is 1.23 bits per heavy atom. The number of unbranched alkanes of at least 4 members (excludes halogenated alkanes) is 12. The quantitative estimate of drug-likeness (QED) is 0.232. The highest BCUT2D eigenvalue weighted by Crippen LogP contribution is 2.31. The van der Waals surface area contributed by atoms with E-state index in [2.05, 4.69) is 26.0 Å². The Kier molecular flexibility index (Phi) is 15.2. The van der Waals surface area contributed by atoms with Gasteiger partial charge >= 0.3 is 0 Å². The van der Waals surface area contributed by atoms with Gasteiger partial charge in [0.1, 0.15) is 12.1 Å². The number of hydrogen-bond acceptors (Lipinski definition) is 4. The van der Waals surface area contributed by atoms with Crippen LogP contribution in [-0.4, -0.2) is 13.2 Å². The first kappa shape index (κ1) is 25.8. The molecule has 0 N–H and O–H groups in total. The molecule has 0 spiro atoms. The van der Waals surface area contributed by atoms with E-state index in [1.54, 1.807) is 12.1 Å². The molecule has 166 valence electrons. The number of nitrogens with zero attached hydrogens (tertiary/aromatic N) is 2. The summed E-state index contributed by atoms with van der Waals surface area (Å²) in [4.78, 5) is 0. The summed E-state index contributed by atoms with van der Waals surface area (Å²) in [5, 5.41) is 18.6. The van der Waals surface area contributed by atoms with Gasteiger partial charge in [0, 0.05) is 12.1 Å². The average molecular weight is 413 g/mol. The largest absolute Gasteiger partial charge is 0.490 e. The third kappa shape index (κ3) is 11.1. The first-order valence-corrected chi connectivity index (χ1v) is 12.0. The molecule has 0 heterocycles. The summed E-state index contributed by atoms with van der Waals surface area (Å²) < 4.78 is 11.9. The topological polar surface area (TPSA) is 66.0 Å². The summed E-state index contributed by atoms with van der Waals surface area (Å²) in [7, 11) is 0. The first-order chi connectivity index (χ1) is 14.8. The monoisotopic (exact) mass is 412 g/mol. The Hall–Kier alpha value is -2.20. The standard InChI is InChI=1S/C26H40N2O2/c1-3-5-7-9-11-13-15-17-29-25-19-23(21-27)24(22-28)20-26(25)30-18-16-14-12-10-8-6-4-2/h19-20H,3-18H2,1-2H3. The van der Waals surface area contributed by atoms with Crippen molar-refractivity contribution >= 4 is 0 Å². The van der Waals surface area contributed by atoms with Crippen LogP contribution in [0.5, 0.6) is 11.5 Å². The maximum absolute atomic E-state index is 9.31. The van der Waals surface area contributed by atoms with Crippen molar-refractivity contribution in [3.05, 3.63) is 23.3 Å². The lowest BCUT2D eigenvalue weighted by atomic mass is 10.1. The van der Waals surface area contributed by atoms with Gasteiger partial charge in [0.2, 0.25) is 0 Å². The third-order valence-electron chi connectivity index (χ3n) is 5.34. The second-order valence-corrected chi connectivity index (χ2v) is 8.01. The number of nitriles is 2. The summed E-state index contributed by atoms with van der Waals surface area (Å²) in [6, 6.07) is 7.48. The van der Waals surface area contributed by atoms with Gasteiger partial charge in [-0.15, -0.1) is 0 Å². The number of hydrogen-bond donors (Lipinski definition) is 0. The summed E-state index contributed by atoms with van der Waals surface area (Å²) in [6.45, 7) is 5.68. The molecular formula is C26H40N2O2. The molecular weight excluding hydrogens is 372 g/mol. The van der Waals surface area contributed by atoms with Gasteiger partial charge in [-0.2, -0.15) is 10.5 Å². The maximum Gasteiger partial charge on any atom is 0.162 e.